The van der Waals surface area contributed by atoms with Crippen molar-refractivity contribution in [3.8, 4) is 33.8 Å². The number of phenols is 1. The summed E-state index contributed by atoms with van der Waals surface area (Å²) < 4.78 is 49.4. The second-order valence-electron chi connectivity index (χ2n) is 13.8. The van der Waals surface area contributed by atoms with Crippen molar-refractivity contribution in [3.05, 3.63) is 109 Å². The van der Waals surface area contributed by atoms with Crippen LogP contribution in [-0.2, 0) is 27.2 Å². The van der Waals surface area contributed by atoms with Gasteiger partial charge in [-0.25, -0.2) is 9.13 Å². The van der Waals surface area contributed by atoms with Crippen LogP contribution in [0.2, 0.25) is 0 Å². The molecule has 0 atom stereocenters. The van der Waals surface area contributed by atoms with Gasteiger partial charge in [0, 0.05) is 33.2 Å². The molecular weight excluding hydrogens is 720 g/mol. The van der Waals surface area contributed by atoms with Gasteiger partial charge in [-0.3, -0.25) is 18.1 Å². The van der Waals surface area contributed by atoms with Gasteiger partial charge in [-0.05, 0) is 42.9 Å². The molecule has 0 saturated carbocycles. The summed E-state index contributed by atoms with van der Waals surface area (Å²) in [7, 11) is -3.56. The van der Waals surface area contributed by atoms with Crippen molar-refractivity contribution in [1.82, 2.24) is 4.90 Å². The number of phosphoric ester groups is 1. The summed E-state index contributed by atoms with van der Waals surface area (Å²) in [5.74, 6) is 0.824. The zero-order chi connectivity index (χ0) is 38.3. The van der Waals surface area contributed by atoms with E-state index in [0.717, 1.165) is 22.3 Å². The quantitative estimate of drug-likeness (QED) is 0.184. The van der Waals surface area contributed by atoms with Crippen LogP contribution in [0.1, 0.15) is 48.5 Å². The smallest absolute Gasteiger partial charge is 0.507 e. The van der Waals surface area contributed by atoms with E-state index in [1.54, 1.807) is 12.1 Å². The van der Waals surface area contributed by atoms with Gasteiger partial charge in [-0.2, -0.15) is 0 Å². The first kappa shape index (κ1) is 43.4. The molecule has 9 nitrogen and oxygen atoms in total. The van der Waals surface area contributed by atoms with Gasteiger partial charge in [0.15, 0.2) is 0 Å². The lowest BCUT2D eigenvalue weighted by atomic mass is 9.97. The zero-order valence-electron chi connectivity index (χ0n) is 31.4. The van der Waals surface area contributed by atoms with Crippen molar-refractivity contribution in [2.75, 3.05) is 46.1 Å². The molecule has 0 amide bonds. The minimum Gasteiger partial charge on any atom is -0.507 e. The normalized spacial score (nSPS) is 17.9. The molecule has 0 aromatic heterocycles. The molecule has 284 valence electrons. The van der Waals surface area contributed by atoms with Gasteiger partial charge in [0.05, 0.1) is 26.4 Å². The Balaban J connectivity index is 0.000000207. The predicted molar refractivity (Wildman–Crippen MR) is 212 cm³/mol. The third-order valence-corrected chi connectivity index (χ3v) is 10.7. The number of rotatable bonds is 7. The SMILES string of the molecule is CC1(C)COP(=O)(Cl)OC1.CC1(C)COP(=O)(Oc2ccccc2-c2ccccc2)OC1.CCN(CC)CC.Oc1ccccc1-c1ccccc1. The van der Waals surface area contributed by atoms with Crippen LogP contribution in [-0.4, -0.2) is 56.1 Å². The van der Waals surface area contributed by atoms with Crippen LogP contribution in [0.5, 0.6) is 11.5 Å². The molecule has 0 radical (unpaired) electrons. The van der Waals surface area contributed by atoms with Crippen LogP contribution in [0.4, 0.5) is 0 Å². The fraction of sp³-hybridized carbons (Fsp3) is 0.400. The topological polar surface area (TPSA) is 104 Å². The predicted octanol–water partition coefficient (Wildman–Crippen LogP) is 11.7. The van der Waals surface area contributed by atoms with Crippen molar-refractivity contribution >= 4 is 26.0 Å². The molecule has 4 aromatic carbocycles. The molecule has 2 fully saturated rings. The first-order chi connectivity index (χ1) is 24.6. The number of para-hydroxylation sites is 2. The molecule has 0 aliphatic carbocycles. The van der Waals surface area contributed by atoms with E-state index >= 15 is 0 Å². The largest absolute Gasteiger partial charge is 0.530 e. The van der Waals surface area contributed by atoms with Gasteiger partial charge < -0.3 is 14.5 Å². The Kier molecular flexibility index (Phi) is 17.1. The van der Waals surface area contributed by atoms with Gasteiger partial charge in [0.25, 0.3) is 0 Å². The maximum absolute atomic E-state index is 12.6. The van der Waals surface area contributed by atoms with E-state index in [-0.39, 0.29) is 10.8 Å². The van der Waals surface area contributed by atoms with Crippen LogP contribution >= 0.6 is 26.0 Å². The highest BCUT2D eigenvalue weighted by Crippen LogP contribution is 2.58. The van der Waals surface area contributed by atoms with E-state index in [1.165, 1.54) is 19.6 Å². The Hall–Kier alpha value is -2.97. The molecule has 2 heterocycles. The summed E-state index contributed by atoms with van der Waals surface area (Å²) in [5.41, 5.74) is 3.54. The highest BCUT2D eigenvalue weighted by molar-refractivity contribution is 7.81. The highest BCUT2D eigenvalue weighted by Gasteiger charge is 2.39. The maximum Gasteiger partial charge on any atom is 0.530 e. The minimum atomic E-state index is -3.56. The highest BCUT2D eigenvalue weighted by atomic mass is 35.7. The van der Waals surface area contributed by atoms with Gasteiger partial charge in [-0.15, -0.1) is 0 Å². The van der Waals surface area contributed by atoms with Crippen molar-refractivity contribution in [3.63, 3.8) is 0 Å². The van der Waals surface area contributed by atoms with E-state index in [1.807, 2.05) is 125 Å². The minimum absolute atomic E-state index is 0.0667. The average Bonchev–Trinajstić information content (AvgIpc) is 3.14. The van der Waals surface area contributed by atoms with E-state index in [9.17, 15) is 14.2 Å². The average molecular weight is 774 g/mol. The fourth-order valence-electron chi connectivity index (χ4n) is 4.75. The number of hydrogen-bond acceptors (Lipinski definition) is 9. The number of hydrogen-bond donors (Lipinski definition) is 1. The molecule has 4 aromatic rings. The van der Waals surface area contributed by atoms with E-state index in [2.05, 4.69) is 25.7 Å². The third kappa shape index (κ3) is 14.8. The molecule has 2 aliphatic rings. The Morgan fingerprint density at radius 1 is 0.615 bits per heavy atom. The summed E-state index contributed by atoms with van der Waals surface area (Å²) in [6.07, 6.45) is 0. The van der Waals surface area contributed by atoms with Crippen LogP contribution < -0.4 is 4.52 Å². The van der Waals surface area contributed by atoms with Gasteiger partial charge in [0.1, 0.15) is 11.5 Å². The number of aromatic hydroxyl groups is 1. The van der Waals surface area contributed by atoms with Gasteiger partial charge in [0.2, 0.25) is 0 Å². The third-order valence-electron chi connectivity index (χ3n) is 7.96. The maximum atomic E-state index is 12.6. The van der Waals surface area contributed by atoms with Crippen molar-refractivity contribution in [2.45, 2.75) is 48.5 Å². The lowest BCUT2D eigenvalue weighted by Gasteiger charge is -2.33. The number of halogens is 1. The Bertz CT molecular complexity index is 1700. The van der Waals surface area contributed by atoms with Crippen molar-refractivity contribution in [2.24, 2.45) is 10.8 Å². The molecule has 2 aliphatic heterocycles. The van der Waals surface area contributed by atoms with Crippen LogP contribution in [0.25, 0.3) is 22.3 Å². The lowest BCUT2D eigenvalue weighted by molar-refractivity contribution is 0.0182. The Labute approximate surface area is 315 Å². The zero-order valence-corrected chi connectivity index (χ0v) is 33.9. The molecule has 1 N–H and O–H groups in total. The second kappa shape index (κ2) is 20.5. The molecular formula is C40H54ClNO8P2. The summed E-state index contributed by atoms with van der Waals surface area (Å²) in [4.78, 5) is 2.38. The molecule has 0 spiro atoms. The summed E-state index contributed by atoms with van der Waals surface area (Å²) in [6.45, 7) is 16.3. The standard InChI is InChI=1S/C17H19O4P.C12H10O.C6H15N.C5H10ClO3P/c1-17(2)12-19-22(18,20-13-17)21-16-11-7-6-10-15(16)14-8-4-3-5-9-14;13-12-9-5-4-8-11(12)10-6-2-1-3-7-10;1-4-7(5-2)6-3;1-5(2)3-8-10(6,7)9-4-5/h3-11H,12-13H2,1-2H3;1-9,13H;4-6H2,1-3H3;3-4H2,1-2H3. The van der Waals surface area contributed by atoms with E-state index < -0.39 is 14.8 Å². The second-order valence-corrected chi connectivity index (χ2v) is 18.0. The molecule has 6 rings (SSSR count). The molecule has 52 heavy (non-hydrogen) atoms. The summed E-state index contributed by atoms with van der Waals surface area (Å²) in [5, 5.41) is 9.56. The number of phosphoric acid groups is 1. The van der Waals surface area contributed by atoms with Crippen LogP contribution in [0.15, 0.2) is 109 Å². The molecule has 12 heteroatoms. The monoisotopic (exact) mass is 773 g/mol. The number of phenolic OH excluding ortho intramolecular Hbond substituents is 1. The fourth-order valence-corrected chi connectivity index (χ4v) is 7.72. The summed E-state index contributed by atoms with van der Waals surface area (Å²) in [6, 6.07) is 34.4. The first-order valence-corrected chi connectivity index (χ1v) is 21.4. The molecule has 0 bridgehead atoms. The van der Waals surface area contributed by atoms with E-state index in [0.29, 0.717) is 37.9 Å². The first-order valence-electron chi connectivity index (χ1n) is 17.5. The molecule has 0 unspecified atom stereocenters. The van der Waals surface area contributed by atoms with Gasteiger partial charge in [-0.1, -0.05) is 146 Å². The van der Waals surface area contributed by atoms with Gasteiger partial charge >= 0.3 is 14.8 Å². The van der Waals surface area contributed by atoms with Crippen LogP contribution in [0.3, 0.4) is 0 Å². The Morgan fingerprint density at radius 3 is 1.42 bits per heavy atom. The Morgan fingerprint density at radius 2 is 1.00 bits per heavy atom. The lowest BCUT2D eigenvalue weighted by Crippen LogP contribution is -2.30. The van der Waals surface area contributed by atoms with Crippen LogP contribution in [0, 0.1) is 10.8 Å². The number of nitrogens with zero attached hydrogens (tertiary/aromatic N) is 1. The van der Waals surface area contributed by atoms with Crippen molar-refractivity contribution in [1.29, 1.82) is 0 Å². The number of benzene rings is 4. The molecule has 2 saturated heterocycles. The van der Waals surface area contributed by atoms with E-state index in [4.69, 9.17) is 33.9 Å². The van der Waals surface area contributed by atoms with Crippen molar-refractivity contribution < 1.29 is 36.9 Å². The summed E-state index contributed by atoms with van der Waals surface area (Å²) >= 11 is 5.31.